The van der Waals surface area contributed by atoms with E-state index in [2.05, 4.69) is 20.8 Å². The Bertz CT molecular complexity index is 396. The lowest BCUT2D eigenvalue weighted by Crippen LogP contribution is -2.72. The number of ether oxygens (including phenoxy) is 3. The summed E-state index contributed by atoms with van der Waals surface area (Å²) in [6.45, 7) is 8.13. The smallest absolute Gasteiger partial charge is 0.187 e. The molecule has 3 aliphatic rings. The Labute approximate surface area is 114 Å². The Morgan fingerprint density at radius 3 is 2.53 bits per heavy atom. The number of hydrogen-bond donors (Lipinski definition) is 0. The largest absolute Gasteiger partial charge is 0.366 e. The highest BCUT2D eigenvalue weighted by molar-refractivity contribution is 5.81. The van der Waals surface area contributed by atoms with Crippen molar-refractivity contribution < 1.29 is 19.0 Å². The van der Waals surface area contributed by atoms with Crippen molar-refractivity contribution in [3.63, 3.8) is 0 Å². The summed E-state index contributed by atoms with van der Waals surface area (Å²) in [4.78, 5) is 11.8. The maximum absolute atomic E-state index is 11.8. The first-order chi connectivity index (χ1) is 8.93. The third-order valence-electron chi connectivity index (χ3n) is 5.60. The fourth-order valence-corrected chi connectivity index (χ4v) is 5.03. The normalized spacial score (nSPS) is 56.2. The molecule has 4 nitrogen and oxygen atoms in total. The highest BCUT2D eigenvalue weighted by Crippen LogP contribution is 2.63. The first-order valence-corrected chi connectivity index (χ1v) is 7.30. The Balaban J connectivity index is 1.97. The Morgan fingerprint density at radius 2 is 2.00 bits per heavy atom. The first kappa shape index (κ1) is 13.5. The number of carbonyl (C=O) groups excluding carboxylic acids is 1. The molecule has 0 aromatic carbocycles. The van der Waals surface area contributed by atoms with Crippen LogP contribution in [0.2, 0.25) is 0 Å². The van der Waals surface area contributed by atoms with Gasteiger partial charge in [0.1, 0.15) is 11.7 Å². The third kappa shape index (κ3) is 1.54. The average Bonchev–Trinajstić information content (AvgIpc) is 2.56. The van der Waals surface area contributed by atoms with Crippen LogP contribution in [0.4, 0.5) is 0 Å². The summed E-state index contributed by atoms with van der Waals surface area (Å²) in [5.74, 6) is 1.73. The molecule has 3 unspecified atom stereocenters. The molecule has 8 atom stereocenters. The van der Waals surface area contributed by atoms with Crippen LogP contribution in [0.5, 0.6) is 0 Å². The molecule has 0 bridgehead atoms. The van der Waals surface area contributed by atoms with Crippen molar-refractivity contribution in [1.82, 2.24) is 0 Å². The molecule has 1 spiro atoms. The van der Waals surface area contributed by atoms with E-state index in [-0.39, 0.29) is 29.5 Å². The minimum atomic E-state index is -0.409. The Hall–Kier alpha value is -0.450. The van der Waals surface area contributed by atoms with Crippen LogP contribution < -0.4 is 0 Å². The van der Waals surface area contributed by atoms with Gasteiger partial charge >= 0.3 is 0 Å². The average molecular weight is 268 g/mol. The number of rotatable bonds is 2. The maximum Gasteiger partial charge on any atom is 0.187 e. The van der Waals surface area contributed by atoms with Crippen molar-refractivity contribution in [3.8, 4) is 0 Å². The van der Waals surface area contributed by atoms with E-state index in [1.54, 1.807) is 14.0 Å². The Morgan fingerprint density at radius 1 is 1.32 bits per heavy atom. The molecule has 19 heavy (non-hydrogen) atoms. The van der Waals surface area contributed by atoms with Gasteiger partial charge in [-0.15, -0.1) is 0 Å². The van der Waals surface area contributed by atoms with Gasteiger partial charge in [-0.25, -0.2) is 0 Å². The SMILES string of the molecule is CO[C@H]1O[C@H](C(C)=O)[C@H](C)[C@@H]2CC(C)C3C(C)O[C@@]312. The molecule has 4 heteroatoms. The fraction of sp³-hybridized carbons (Fsp3) is 0.933. The van der Waals surface area contributed by atoms with Crippen molar-refractivity contribution in [1.29, 1.82) is 0 Å². The predicted molar refractivity (Wildman–Crippen MR) is 69.6 cm³/mol. The predicted octanol–water partition coefficient (Wildman–Crippen LogP) is 2.01. The van der Waals surface area contributed by atoms with E-state index in [1.807, 2.05) is 0 Å². The van der Waals surface area contributed by atoms with Crippen molar-refractivity contribution in [3.05, 3.63) is 0 Å². The molecule has 3 rings (SSSR count). The molecular weight excluding hydrogens is 244 g/mol. The summed E-state index contributed by atoms with van der Waals surface area (Å²) in [7, 11) is 1.65. The molecule has 0 N–H and O–H groups in total. The van der Waals surface area contributed by atoms with Crippen LogP contribution >= 0.6 is 0 Å². The van der Waals surface area contributed by atoms with Crippen molar-refractivity contribution >= 4 is 5.78 Å². The zero-order chi connectivity index (χ0) is 13.9. The van der Waals surface area contributed by atoms with E-state index in [4.69, 9.17) is 14.2 Å². The zero-order valence-corrected chi connectivity index (χ0v) is 12.4. The number of hydrogen-bond acceptors (Lipinski definition) is 4. The van der Waals surface area contributed by atoms with Gasteiger partial charge in [0.05, 0.1) is 6.10 Å². The molecule has 2 saturated heterocycles. The molecule has 3 fully saturated rings. The maximum atomic E-state index is 11.8. The zero-order valence-electron chi connectivity index (χ0n) is 12.4. The van der Waals surface area contributed by atoms with Crippen LogP contribution in [0.3, 0.4) is 0 Å². The van der Waals surface area contributed by atoms with Crippen LogP contribution in [-0.2, 0) is 19.0 Å². The Kier molecular flexibility index (Phi) is 3.04. The second-order valence-corrected chi connectivity index (χ2v) is 6.62. The van der Waals surface area contributed by atoms with Crippen LogP contribution in [0.1, 0.15) is 34.1 Å². The van der Waals surface area contributed by atoms with E-state index in [1.165, 1.54) is 0 Å². The van der Waals surface area contributed by atoms with Gasteiger partial charge in [-0.2, -0.15) is 0 Å². The number of methoxy groups -OCH3 is 1. The van der Waals surface area contributed by atoms with E-state index in [0.29, 0.717) is 17.8 Å². The molecule has 1 saturated carbocycles. The highest BCUT2D eigenvalue weighted by Gasteiger charge is 2.72. The van der Waals surface area contributed by atoms with Crippen LogP contribution in [0, 0.1) is 23.7 Å². The number of carbonyl (C=O) groups is 1. The lowest BCUT2D eigenvalue weighted by molar-refractivity contribution is -0.388. The van der Waals surface area contributed by atoms with Crippen LogP contribution in [-0.4, -0.2) is 37.0 Å². The third-order valence-corrected chi connectivity index (χ3v) is 5.60. The molecule has 0 radical (unpaired) electrons. The quantitative estimate of drug-likeness (QED) is 0.768. The van der Waals surface area contributed by atoms with Gasteiger partial charge in [0.15, 0.2) is 12.1 Å². The van der Waals surface area contributed by atoms with Gasteiger partial charge in [-0.1, -0.05) is 13.8 Å². The molecule has 108 valence electrons. The molecule has 0 amide bonds. The molecule has 2 aliphatic heterocycles. The van der Waals surface area contributed by atoms with E-state index >= 15 is 0 Å². The van der Waals surface area contributed by atoms with Gasteiger partial charge in [0.25, 0.3) is 0 Å². The minimum Gasteiger partial charge on any atom is -0.366 e. The molecule has 1 aliphatic carbocycles. The summed E-state index contributed by atoms with van der Waals surface area (Å²) >= 11 is 0. The summed E-state index contributed by atoms with van der Waals surface area (Å²) in [6, 6.07) is 0. The monoisotopic (exact) mass is 268 g/mol. The van der Waals surface area contributed by atoms with Crippen molar-refractivity contribution in [2.24, 2.45) is 23.7 Å². The molecule has 0 aromatic rings. The van der Waals surface area contributed by atoms with Crippen LogP contribution in [0.15, 0.2) is 0 Å². The van der Waals surface area contributed by atoms with E-state index < -0.39 is 6.29 Å². The van der Waals surface area contributed by atoms with Crippen molar-refractivity contribution in [2.75, 3.05) is 7.11 Å². The molecule has 2 heterocycles. The van der Waals surface area contributed by atoms with E-state index in [0.717, 1.165) is 6.42 Å². The summed E-state index contributed by atoms with van der Waals surface area (Å²) < 4.78 is 17.7. The van der Waals surface area contributed by atoms with Gasteiger partial charge in [-0.3, -0.25) is 4.79 Å². The number of ketones is 1. The second-order valence-electron chi connectivity index (χ2n) is 6.62. The fourth-order valence-electron chi connectivity index (χ4n) is 5.03. The van der Waals surface area contributed by atoms with Gasteiger partial charge in [-0.05, 0) is 38.0 Å². The summed E-state index contributed by atoms with van der Waals surface area (Å²) in [5, 5.41) is 0. The van der Waals surface area contributed by atoms with Crippen molar-refractivity contribution in [2.45, 2.75) is 58.2 Å². The van der Waals surface area contributed by atoms with Gasteiger partial charge < -0.3 is 14.2 Å². The molecular formula is C15H24O4. The minimum absolute atomic E-state index is 0.0906. The topological polar surface area (TPSA) is 44.8 Å². The van der Waals surface area contributed by atoms with Gasteiger partial charge in [0.2, 0.25) is 0 Å². The van der Waals surface area contributed by atoms with Gasteiger partial charge in [0, 0.05) is 13.0 Å². The van der Waals surface area contributed by atoms with Crippen LogP contribution in [0.25, 0.3) is 0 Å². The highest BCUT2D eigenvalue weighted by atomic mass is 16.7. The lowest BCUT2D eigenvalue weighted by Gasteiger charge is -2.60. The second kappa shape index (κ2) is 4.27. The lowest BCUT2D eigenvalue weighted by atomic mass is 9.67. The summed E-state index contributed by atoms with van der Waals surface area (Å²) in [5.41, 5.74) is -0.320. The standard InChI is InChI=1S/C15H24O4/c1-7-6-11-8(2)13(9(3)16)18-14(17-5)15(11)12(7)10(4)19-15/h7-8,10-14H,6H2,1-5H3/t7?,8-,10?,11+,12?,13+,14+,15+/m1/s1. The summed E-state index contributed by atoms with van der Waals surface area (Å²) in [6.07, 6.45) is 0.602. The first-order valence-electron chi connectivity index (χ1n) is 7.30. The number of Topliss-reactive ketones (excluding diaryl/α,β-unsaturated/α-hetero) is 1. The molecule has 0 aromatic heterocycles. The van der Waals surface area contributed by atoms with E-state index in [9.17, 15) is 4.79 Å².